The van der Waals surface area contributed by atoms with Crippen LogP contribution >= 0.6 is 11.8 Å². The molecule has 0 saturated carbocycles. The van der Waals surface area contributed by atoms with Gasteiger partial charge in [-0.05, 0) is 23.4 Å². The molecule has 5 heteroatoms. The third-order valence-corrected chi connectivity index (χ3v) is 2.84. The molecule has 2 N–H and O–H groups in total. The minimum Gasteiger partial charge on any atom is -0.487 e. The van der Waals surface area contributed by atoms with Crippen LogP contribution in [0.2, 0.25) is 0 Å². The molecule has 0 heterocycles. The standard InChI is InChI=1S/C11H15F2NOS/c1-2-16-4-3-15-11-9(12)5-8(7-14)6-10(11)13/h5-6H,2-4,7,14H2,1H3. The molecule has 0 spiro atoms. The van der Waals surface area contributed by atoms with Gasteiger partial charge in [-0.3, -0.25) is 0 Å². The van der Waals surface area contributed by atoms with Crippen molar-refractivity contribution in [2.24, 2.45) is 5.73 Å². The highest BCUT2D eigenvalue weighted by atomic mass is 32.2. The molecule has 0 unspecified atom stereocenters. The summed E-state index contributed by atoms with van der Waals surface area (Å²) in [6.07, 6.45) is 0. The van der Waals surface area contributed by atoms with Crippen LogP contribution in [0, 0.1) is 11.6 Å². The van der Waals surface area contributed by atoms with Gasteiger partial charge in [-0.15, -0.1) is 0 Å². The molecule has 16 heavy (non-hydrogen) atoms. The molecule has 0 aromatic heterocycles. The topological polar surface area (TPSA) is 35.2 Å². The van der Waals surface area contributed by atoms with Crippen LogP contribution in [0.25, 0.3) is 0 Å². The Kier molecular flexibility index (Phi) is 5.55. The summed E-state index contributed by atoms with van der Waals surface area (Å²) in [5, 5.41) is 0. The molecule has 0 bridgehead atoms. The van der Waals surface area contributed by atoms with Gasteiger partial charge in [0.1, 0.15) is 0 Å². The number of nitrogens with two attached hydrogens (primary N) is 1. The Morgan fingerprint density at radius 3 is 2.44 bits per heavy atom. The van der Waals surface area contributed by atoms with Crippen LogP contribution in [-0.4, -0.2) is 18.1 Å². The summed E-state index contributed by atoms with van der Waals surface area (Å²) in [4.78, 5) is 0. The van der Waals surface area contributed by atoms with Gasteiger partial charge in [0.2, 0.25) is 0 Å². The van der Waals surface area contributed by atoms with E-state index in [-0.39, 0.29) is 12.3 Å². The molecule has 0 fully saturated rings. The maximum atomic E-state index is 13.4. The zero-order valence-electron chi connectivity index (χ0n) is 9.13. The number of thioether (sulfide) groups is 1. The smallest absolute Gasteiger partial charge is 0.190 e. The normalized spacial score (nSPS) is 10.5. The van der Waals surface area contributed by atoms with E-state index in [0.717, 1.165) is 5.75 Å². The minimum atomic E-state index is -0.693. The third-order valence-electron chi connectivity index (χ3n) is 1.97. The summed E-state index contributed by atoms with van der Waals surface area (Å²) in [6.45, 7) is 2.43. The van der Waals surface area contributed by atoms with Gasteiger partial charge < -0.3 is 10.5 Å². The van der Waals surface area contributed by atoms with Gasteiger partial charge in [0, 0.05) is 12.3 Å². The first kappa shape index (κ1) is 13.3. The van der Waals surface area contributed by atoms with E-state index in [4.69, 9.17) is 10.5 Å². The quantitative estimate of drug-likeness (QED) is 0.785. The van der Waals surface area contributed by atoms with Crippen LogP contribution in [-0.2, 0) is 6.54 Å². The highest BCUT2D eigenvalue weighted by Gasteiger charge is 2.11. The lowest BCUT2D eigenvalue weighted by molar-refractivity contribution is 0.305. The number of benzene rings is 1. The van der Waals surface area contributed by atoms with E-state index in [1.807, 2.05) is 6.92 Å². The Bertz CT molecular complexity index is 324. The van der Waals surface area contributed by atoms with Gasteiger partial charge >= 0.3 is 0 Å². The second-order valence-corrected chi connectivity index (χ2v) is 4.53. The Hall–Kier alpha value is -0.810. The zero-order valence-corrected chi connectivity index (χ0v) is 9.95. The van der Waals surface area contributed by atoms with Crippen molar-refractivity contribution in [1.29, 1.82) is 0 Å². The predicted octanol–water partition coefficient (Wildman–Crippen LogP) is 2.56. The molecule has 1 aromatic carbocycles. The monoisotopic (exact) mass is 247 g/mol. The van der Waals surface area contributed by atoms with E-state index in [1.165, 1.54) is 12.1 Å². The van der Waals surface area contributed by atoms with E-state index in [9.17, 15) is 8.78 Å². The first-order valence-electron chi connectivity index (χ1n) is 5.07. The van der Waals surface area contributed by atoms with E-state index >= 15 is 0 Å². The van der Waals surface area contributed by atoms with Gasteiger partial charge in [0.25, 0.3) is 0 Å². The highest BCUT2D eigenvalue weighted by molar-refractivity contribution is 7.99. The summed E-state index contributed by atoms with van der Waals surface area (Å²) < 4.78 is 31.8. The Balaban J connectivity index is 2.65. The van der Waals surface area contributed by atoms with Crippen LogP contribution in [0.5, 0.6) is 5.75 Å². The fourth-order valence-electron chi connectivity index (χ4n) is 1.22. The van der Waals surface area contributed by atoms with Gasteiger partial charge in [-0.1, -0.05) is 6.92 Å². The van der Waals surface area contributed by atoms with Crippen molar-refractivity contribution < 1.29 is 13.5 Å². The molecular weight excluding hydrogens is 232 g/mol. The van der Waals surface area contributed by atoms with Crippen molar-refractivity contribution in [2.45, 2.75) is 13.5 Å². The number of halogens is 2. The van der Waals surface area contributed by atoms with E-state index in [2.05, 4.69) is 0 Å². The van der Waals surface area contributed by atoms with Crippen LogP contribution in [0.15, 0.2) is 12.1 Å². The molecule has 90 valence electrons. The summed E-state index contributed by atoms with van der Waals surface area (Å²) >= 11 is 1.66. The van der Waals surface area contributed by atoms with Crippen molar-refractivity contribution in [1.82, 2.24) is 0 Å². The molecule has 2 nitrogen and oxygen atoms in total. The average molecular weight is 247 g/mol. The molecular formula is C11H15F2NOS. The SMILES string of the molecule is CCSCCOc1c(F)cc(CN)cc1F. The van der Waals surface area contributed by atoms with Gasteiger partial charge in [-0.25, -0.2) is 8.78 Å². The molecule has 1 rings (SSSR count). The van der Waals surface area contributed by atoms with Crippen molar-refractivity contribution in [3.8, 4) is 5.75 Å². The summed E-state index contributed by atoms with van der Waals surface area (Å²) in [5.41, 5.74) is 5.72. The molecule has 1 aromatic rings. The fraction of sp³-hybridized carbons (Fsp3) is 0.455. The molecule has 0 radical (unpaired) electrons. The van der Waals surface area contributed by atoms with Crippen LogP contribution in [0.3, 0.4) is 0 Å². The van der Waals surface area contributed by atoms with E-state index < -0.39 is 11.6 Å². The van der Waals surface area contributed by atoms with Gasteiger partial charge in [0.15, 0.2) is 17.4 Å². The third kappa shape index (κ3) is 3.64. The van der Waals surface area contributed by atoms with Gasteiger partial charge in [-0.2, -0.15) is 11.8 Å². The largest absolute Gasteiger partial charge is 0.487 e. The lowest BCUT2D eigenvalue weighted by atomic mass is 10.2. The Morgan fingerprint density at radius 1 is 1.31 bits per heavy atom. The van der Waals surface area contributed by atoms with Crippen molar-refractivity contribution in [2.75, 3.05) is 18.1 Å². The van der Waals surface area contributed by atoms with E-state index in [1.54, 1.807) is 11.8 Å². The second-order valence-electron chi connectivity index (χ2n) is 3.14. The fourth-order valence-corrected chi connectivity index (χ4v) is 1.70. The lowest BCUT2D eigenvalue weighted by Crippen LogP contribution is -2.06. The van der Waals surface area contributed by atoms with Crippen LogP contribution in [0.1, 0.15) is 12.5 Å². The molecule has 0 aliphatic rings. The van der Waals surface area contributed by atoms with Crippen molar-refractivity contribution in [3.05, 3.63) is 29.3 Å². The second kappa shape index (κ2) is 6.70. The lowest BCUT2D eigenvalue weighted by Gasteiger charge is -2.09. The van der Waals surface area contributed by atoms with Gasteiger partial charge in [0.05, 0.1) is 6.61 Å². The Labute approximate surface area is 98.2 Å². The first-order chi connectivity index (χ1) is 7.69. The van der Waals surface area contributed by atoms with Crippen molar-refractivity contribution in [3.63, 3.8) is 0 Å². The number of hydrogen-bond donors (Lipinski definition) is 1. The summed E-state index contributed by atoms with van der Waals surface area (Å²) in [5.74, 6) is -0.0214. The molecule has 0 amide bonds. The maximum Gasteiger partial charge on any atom is 0.190 e. The molecule has 0 saturated heterocycles. The summed E-state index contributed by atoms with van der Waals surface area (Å²) in [7, 11) is 0. The Morgan fingerprint density at radius 2 is 1.94 bits per heavy atom. The minimum absolute atomic E-state index is 0.111. The molecule has 0 aliphatic heterocycles. The number of ether oxygens (including phenoxy) is 1. The van der Waals surface area contributed by atoms with Crippen molar-refractivity contribution >= 4 is 11.8 Å². The zero-order chi connectivity index (χ0) is 12.0. The summed E-state index contributed by atoms with van der Waals surface area (Å²) in [6, 6.07) is 2.40. The number of rotatable bonds is 6. The molecule has 0 atom stereocenters. The van der Waals surface area contributed by atoms with Crippen LogP contribution in [0.4, 0.5) is 8.78 Å². The highest BCUT2D eigenvalue weighted by Crippen LogP contribution is 2.23. The first-order valence-corrected chi connectivity index (χ1v) is 6.23. The van der Waals surface area contributed by atoms with E-state index in [0.29, 0.717) is 17.9 Å². The molecule has 0 aliphatic carbocycles. The number of hydrogen-bond acceptors (Lipinski definition) is 3. The average Bonchev–Trinajstić information content (AvgIpc) is 2.26. The van der Waals surface area contributed by atoms with Crippen LogP contribution < -0.4 is 10.5 Å². The predicted molar refractivity (Wildman–Crippen MR) is 62.7 cm³/mol. The maximum absolute atomic E-state index is 13.4.